The highest BCUT2D eigenvalue weighted by Gasteiger charge is 2.68. The number of carbonyl (C=O) groups excluding carboxylic acids is 4. The zero-order valence-corrected chi connectivity index (χ0v) is 24.4. The van der Waals surface area contributed by atoms with E-state index >= 15 is 0 Å². The summed E-state index contributed by atoms with van der Waals surface area (Å²) < 4.78 is 28.8. The fourth-order valence-corrected chi connectivity index (χ4v) is 8.64. The second-order valence-corrected chi connectivity index (χ2v) is 13.2. The van der Waals surface area contributed by atoms with Crippen LogP contribution in [0.2, 0.25) is 5.02 Å². The van der Waals surface area contributed by atoms with Crippen LogP contribution >= 0.6 is 22.9 Å². The van der Waals surface area contributed by atoms with Gasteiger partial charge in [0, 0.05) is 16.4 Å². The van der Waals surface area contributed by atoms with Crippen LogP contribution < -0.4 is 4.90 Å². The minimum absolute atomic E-state index is 0.0864. The summed E-state index contributed by atoms with van der Waals surface area (Å²) in [7, 11) is 0. The van der Waals surface area contributed by atoms with Gasteiger partial charge in [-0.3, -0.25) is 24.1 Å². The summed E-state index contributed by atoms with van der Waals surface area (Å²) in [5.41, 5.74) is -0.654. The number of thiophene rings is 1. The lowest BCUT2D eigenvalue weighted by Gasteiger charge is -2.49. The first kappa shape index (κ1) is 27.9. The SMILES string of the molecule is C[C@@]12C(=O)N(c3ccc(F)c(Cl)c3)C(=O)[C@@H]1C[C@@H]1C(=CC[C@@H]3C(=O)N(Cc4cccs4)C(=O)[C@@H]31)[C@@H]2c1cccc(F)c1O. The van der Waals surface area contributed by atoms with Crippen LogP contribution in [-0.2, 0) is 25.7 Å². The molecule has 1 aromatic heterocycles. The Kier molecular flexibility index (Phi) is 6.37. The Morgan fingerprint density at radius 1 is 1.00 bits per heavy atom. The van der Waals surface area contributed by atoms with Crippen LogP contribution in [0.1, 0.15) is 36.1 Å². The van der Waals surface area contributed by atoms with Crippen molar-refractivity contribution in [1.29, 1.82) is 0 Å². The molecule has 4 aliphatic rings. The van der Waals surface area contributed by atoms with Gasteiger partial charge in [-0.2, -0.15) is 0 Å². The molecule has 1 N–H and O–H groups in total. The molecule has 0 spiro atoms. The lowest BCUT2D eigenvalue weighted by Crippen LogP contribution is -2.48. The van der Waals surface area contributed by atoms with E-state index in [1.807, 2.05) is 23.6 Å². The van der Waals surface area contributed by atoms with Gasteiger partial charge in [0.05, 0.1) is 40.4 Å². The zero-order valence-electron chi connectivity index (χ0n) is 22.8. The van der Waals surface area contributed by atoms with Crippen molar-refractivity contribution in [3.05, 3.63) is 92.7 Å². The number of phenols is 1. The number of amides is 4. The smallest absolute Gasteiger partial charge is 0.241 e. The molecule has 2 aromatic carbocycles. The van der Waals surface area contributed by atoms with Crippen LogP contribution in [0.5, 0.6) is 5.75 Å². The number of fused-ring (bicyclic) bond motifs is 4. The van der Waals surface area contributed by atoms with E-state index in [0.29, 0.717) is 5.57 Å². The second-order valence-electron chi connectivity index (χ2n) is 11.8. The molecule has 2 aliphatic carbocycles. The summed E-state index contributed by atoms with van der Waals surface area (Å²) in [4.78, 5) is 59.0. The number of rotatable bonds is 4. The molecule has 3 aromatic rings. The molecule has 0 bridgehead atoms. The molecule has 1 saturated carbocycles. The van der Waals surface area contributed by atoms with Gasteiger partial charge in [-0.05, 0) is 61.4 Å². The van der Waals surface area contributed by atoms with Crippen molar-refractivity contribution >= 4 is 52.3 Å². The number of benzene rings is 2. The summed E-state index contributed by atoms with van der Waals surface area (Å²) in [5.74, 6) is -8.01. The first-order valence-electron chi connectivity index (χ1n) is 13.9. The molecule has 4 amide bonds. The quantitative estimate of drug-likeness (QED) is 0.292. The first-order valence-corrected chi connectivity index (χ1v) is 15.2. The highest BCUT2D eigenvalue weighted by atomic mass is 35.5. The van der Waals surface area contributed by atoms with Gasteiger partial charge in [-0.1, -0.05) is 41.4 Å². The van der Waals surface area contributed by atoms with Crippen molar-refractivity contribution in [3.63, 3.8) is 0 Å². The predicted octanol–water partition coefficient (Wildman–Crippen LogP) is 5.82. The Balaban J connectivity index is 1.36. The maximum absolute atomic E-state index is 14.8. The minimum Gasteiger partial charge on any atom is -0.505 e. The van der Waals surface area contributed by atoms with Crippen LogP contribution in [0.25, 0.3) is 0 Å². The fourth-order valence-electron chi connectivity index (χ4n) is 7.77. The maximum atomic E-state index is 14.8. The van der Waals surface area contributed by atoms with E-state index in [1.165, 1.54) is 40.5 Å². The van der Waals surface area contributed by atoms with Crippen molar-refractivity contribution in [3.8, 4) is 5.75 Å². The molecule has 220 valence electrons. The van der Waals surface area contributed by atoms with Crippen LogP contribution in [0.15, 0.2) is 65.6 Å². The Labute approximate surface area is 254 Å². The van der Waals surface area contributed by atoms with Gasteiger partial charge in [0.15, 0.2) is 11.6 Å². The molecule has 3 heterocycles. The Morgan fingerprint density at radius 2 is 1.79 bits per heavy atom. The lowest BCUT2D eigenvalue weighted by atomic mass is 9.51. The van der Waals surface area contributed by atoms with Gasteiger partial charge >= 0.3 is 0 Å². The van der Waals surface area contributed by atoms with Crippen LogP contribution in [0.3, 0.4) is 0 Å². The molecular formula is C32H25ClF2N2O5S. The van der Waals surface area contributed by atoms with E-state index in [9.17, 15) is 33.1 Å². The number of allylic oxidation sites excluding steroid dienone is 2. The summed E-state index contributed by atoms with van der Waals surface area (Å²) in [6.07, 6.45) is 2.16. The number of hydrogen-bond acceptors (Lipinski definition) is 6. The normalized spacial score (nSPS) is 30.0. The molecule has 2 saturated heterocycles. The molecule has 0 unspecified atom stereocenters. The van der Waals surface area contributed by atoms with E-state index < -0.39 is 64.2 Å². The van der Waals surface area contributed by atoms with E-state index in [1.54, 1.807) is 6.92 Å². The Bertz CT molecular complexity index is 1760. The van der Waals surface area contributed by atoms with Gasteiger partial charge in [0.1, 0.15) is 5.82 Å². The number of halogens is 3. The predicted molar refractivity (Wildman–Crippen MR) is 154 cm³/mol. The highest BCUT2D eigenvalue weighted by Crippen LogP contribution is 2.64. The Hall–Kier alpha value is -3.89. The summed E-state index contributed by atoms with van der Waals surface area (Å²) in [5, 5.41) is 12.5. The van der Waals surface area contributed by atoms with Gasteiger partial charge < -0.3 is 5.11 Å². The number of imide groups is 2. The van der Waals surface area contributed by atoms with Gasteiger partial charge in [-0.25, -0.2) is 13.7 Å². The third-order valence-electron chi connectivity index (χ3n) is 9.75. The van der Waals surface area contributed by atoms with Crippen LogP contribution in [0.4, 0.5) is 14.5 Å². The van der Waals surface area contributed by atoms with E-state index in [4.69, 9.17) is 11.6 Å². The van der Waals surface area contributed by atoms with Crippen molar-refractivity contribution in [1.82, 2.24) is 4.90 Å². The molecule has 11 heteroatoms. The van der Waals surface area contributed by atoms with Crippen molar-refractivity contribution in [2.24, 2.45) is 29.1 Å². The lowest BCUT2D eigenvalue weighted by molar-refractivity contribution is -0.141. The van der Waals surface area contributed by atoms with Crippen molar-refractivity contribution in [2.45, 2.75) is 32.2 Å². The highest BCUT2D eigenvalue weighted by molar-refractivity contribution is 7.09. The topological polar surface area (TPSA) is 95.0 Å². The monoisotopic (exact) mass is 622 g/mol. The van der Waals surface area contributed by atoms with Crippen molar-refractivity contribution in [2.75, 3.05) is 4.90 Å². The molecule has 6 atom stereocenters. The maximum Gasteiger partial charge on any atom is 0.241 e. The van der Waals surface area contributed by atoms with E-state index in [-0.39, 0.29) is 47.5 Å². The minimum atomic E-state index is -1.49. The second kappa shape index (κ2) is 9.82. The first-order chi connectivity index (χ1) is 20.5. The molecule has 2 aliphatic heterocycles. The standard InChI is InChI=1S/C32H25ClF2N2O5S/c1-32-21(29(40)37(31(32)42)15-7-10-23(34)22(33)12-15)13-20-17(26(32)19-5-2-6-24(35)27(19)38)8-9-18-25(20)30(41)36(28(18)39)14-16-4-3-11-43-16/h2-8,10-12,18,20-21,25-26,38H,9,13-14H2,1H3/t18-,20+,21-,25-,26+,32+/m0/s1. The number of hydrogen-bond donors (Lipinski definition) is 1. The van der Waals surface area contributed by atoms with E-state index in [0.717, 1.165) is 21.9 Å². The number of nitrogens with zero attached hydrogens (tertiary/aromatic N) is 2. The number of aromatic hydroxyl groups is 1. The van der Waals surface area contributed by atoms with Crippen molar-refractivity contribution < 1.29 is 33.1 Å². The zero-order chi connectivity index (χ0) is 30.4. The number of anilines is 1. The number of carbonyl (C=O) groups is 4. The van der Waals surface area contributed by atoms with E-state index in [2.05, 4.69) is 0 Å². The molecule has 7 rings (SSSR count). The largest absolute Gasteiger partial charge is 0.505 e. The van der Waals surface area contributed by atoms with Gasteiger partial charge in [-0.15, -0.1) is 11.3 Å². The van der Waals surface area contributed by atoms with Gasteiger partial charge in [0.25, 0.3) is 0 Å². The number of phenolic OH excluding ortho intramolecular Hbond substituents is 1. The molecule has 43 heavy (non-hydrogen) atoms. The molecule has 0 radical (unpaired) electrons. The average Bonchev–Trinajstić information content (AvgIpc) is 3.63. The summed E-state index contributed by atoms with van der Waals surface area (Å²) >= 11 is 7.45. The molecule has 7 nitrogen and oxygen atoms in total. The Morgan fingerprint density at radius 3 is 2.51 bits per heavy atom. The number of para-hydroxylation sites is 1. The van der Waals surface area contributed by atoms with Crippen LogP contribution in [0, 0.1) is 40.7 Å². The summed E-state index contributed by atoms with van der Waals surface area (Å²) in [6.45, 7) is 1.77. The molecular weight excluding hydrogens is 598 g/mol. The van der Waals surface area contributed by atoms with Crippen LogP contribution in [-0.4, -0.2) is 33.6 Å². The average molecular weight is 623 g/mol. The third-order valence-corrected chi connectivity index (χ3v) is 10.9. The number of likely N-dealkylation sites (tertiary alicyclic amines) is 1. The third kappa shape index (κ3) is 3.88. The molecule has 3 fully saturated rings. The fraction of sp³-hybridized carbons (Fsp3) is 0.312. The van der Waals surface area contributed by atoms with Gasteiger partial charge in [0.2, 0.25) is 23.6 Å². The summed E-state index contributed by atoms with van der Waals surface area (Å²) in [6, 6.07) is 11.3.